The Morgan fingerprint density at radius 2 is 1.66 bits per heavy atom. The minimum Gasteiger partial charge on any atom is -0.371 e. The van der Waals surface area contributed by atoms with Gasteiger partial charge in [0.15, 0.2) is 5.69 Å². The van der Waals surface area contributed by atoms with Gasteiger partial charge in [-0.15, -0.1) is 5.10 Å². The van der Waals surface area contributed by atoms with E-state index in [1.165, 1.54) is 5.56 Å². The molecular weight excluding hydrogens is 400 g/mol. The molecule has 7 nitrogen and oxygen atoms in total. The Morgan fingerprint density at radius 3 is 2.28 bits per heavy atom. The van der Waals surface area contributed by atoms with E-state index in [0.717, 1.165) is 55.8 Å². The number of hydrogen-bond donors (Lipinski definition) is 1. The van der Waals surface area contributed by atoms with E-state index in [1.54, 1.807) is 0 Å². The van der Waals surface area contributed by atoms with Crippen molar-refractivity contribution in [3.8, 4) is 11.8 Å². The molecule has 32 heavy (non-hydrogen) atoms. The lowest BCUT2D eigenvalue weighted by molar-refractivity contribution is 0.0925. The third kappa shape index (κ3) is 4.09. The third-order valence-electron chi connectivity index (χ3n) is 6.35. The first-order chi connectivity index (χ1) is 15.6. The van der Waals surface area contributed by atoms with E-state index >= 15 is 0 Å². The van der Waals surface area contributed by atoms with Crippen molar-refractivity contribution >= 4 is 11.6 Å². The summed E-state index contributed by atoms with van der Waals surface area (Å²) < 4.78 is 1.83. The van der Waals surface area contributed by atoms with Crippen LogP contribution in [0.4, 0.5) is 5.69 Å². The summed E-state index contributed by atoms with van der Waals surface area (Å²) >= 11 is 0. The standard InChI is InChI=1S/C25H26N6O/c1-17-2-8-22(9-3-17)31-24(19-6-7-19)23(28-29-31)25(32)27-20-12-14-30(15-13-20)21-10-4-18(16-26)5-11-21/h2-5,8-11,19-20H,6-7,12-15H2,1H3,(H,27,32). The zero-order chi connectivity index (χ0) is 22.1. The molecule has 1 amide bonds. The highest BCUT2D eigenvalue weighted by molar-refractivity contribution is 5.94. The van der Waals surface area contributed by atoms with Gasteiger partial charge >= 0.3 is 0 Å². The van der Waals surface area contributed by atoms with Gasteiger partial charge in [0.1, 0.15) is 0 Å². The number of nitrogens with zero attached hydrogens (tertiary/aromatic N) is 5. The van der Waals surface area contributed by atoms with Crippen LogP contribution in [0.15, 0.2) is 48.5 Å². The Kier molecular flexibility index (Phi) is 5.36. The molecule has 1 aromatic heterocycles. The van der Waals surface area contributed by atoms with Crippen molar-refractivity contribution in [2.75, 3.05) is 18.0 Å². The summed E-state index contributed by atoms with van der Waals surface area (Å²) in [7, 11) is 0. The summed E-state index contributed by atoms with van der Waals surface area (Å²) in [5.41, 5.74) is 5.31. The van der Waals surface area contributed by atoms with Crippen molar-refractivity contribution in [2.24, 2.45) is 0 Å². The molecule has 0 atom stereocenters. The number of piperidine rings is 1. The molecule has 1 saturated carbocycles. The largest absolute Gasteiger partial charge is 0.371 e. The minimum atomic E-state index is -0.123. The Balaban J connectivity index is 1.26. The average Bonchev–Trinajstić information content (AvgIpc) is 3.58. The Labute approximate surface area is 187 Å². The van der Waals surface area contributed by atoms with Crippen LogP contribution in [0.5, 0.6) is 0 Å². The van der Waals surface area contributed by atoms with Gasteiger partial charge in [0.05, 0.1) is 23.0 Å². The van der Waals surface area contributed by atoms with Crippen LogP contribution in [0.1, 0.15) is 58.9 Å². The van der Waals surface area contributed by atoms with Crippen LogP contribution in [-0.2, 0) is 0 Å². The molecule has 2 aliphatic rings. The molecule has 7 heteroatoms. The quantitative estimate of drug-likeness (QED) is 0.672. The van der Waals surface area contributed by atoms with Crippen LogP contribution in [0.25, 0.3) is 5.69 Å². The lowest BCUT2D eigenvalue weighted by Crippen LogP contribution is -2.45. The predicted molar refractivity (Wildman–Crippen MR) is 122 cm³/mol. The van der Waals surface area contributed by atoms with E-state index < -0.39 is 0 Å². The fourth-order valence-electron chi connectivity index (χ4n) is 4.33. The van der Waals surface area contributed by atoms with Gasteiger partial charge in [-0.1, -0.05) is 22.9 Å². The summed E-state index contributed by atoms with van der Waals surface area (Å²) in [6, 6.07) is 18.1. The van der Waals surface area contributed by atoms with Crippen LogP contribution in [0.3, 0.4) is 0 Å². The van der Waals surface area contributed by atoms with Gasteiger partial charge in [-0.3, -0.25) is 4.79 Å². The van der Waals surface area contributed by atoms with Gasteiger partial charge in [-0.05, 0) is 69.0 Å². The minimum absolute atomic E-state index is 0.119. The van der Waals surface area contributed by atoms with Crippen molar-refractivity contribution in [1.29, 1.82) is 5.26 Å². The van der Waals surface area contributed by atoms with Crippen LogP contribution < -0.4 is 10.2 Å². The number of carbonyl (C=O) groups excluding carboxylic acids is 1. The van der Waals surface area contributed by atoms with E-state index in [-0.39, 0.29) is 11.9 Å². The molecule has 1 aliphatic carbocycles. The van der Waals surface area contributed by atoms with Crippen molar-refractivity contribution in [2.45, 2.75) is 44.6 Å². The van der Waals surface area contributed by atoms with Crippen molar-refractivity contribution < 1.29 is 4.79 Å². The molecule has 1 N–H and O–H groups in total. The molecule has 5 rings (SSSR count). The number of nitrogens with one attached hydrogen (secondary N) is 1. The molecule has 3 aromatic rings. The van der Waals surface area contributed by atoms with Crippen molar-refractivity contribution in [3.63, 3.8) is 0 Å². The molecule has 1 saturated heterocycles. The average molecular weight is 427 g/mol. The maximum Gasteiger partial charge on any atom is 0.274 e. The topological polar surface area (TPSA) is 86.8 Å². The van der Waals surface area contributed by atoms with E-state index in [1.807, 2.05) is 41.1 Å². The van der Waals surface area contributed by atoms with Crippen LogP contribution in [-0.4, -0.2) is 40.0 Å². The van der Waals surface area contributed by atoms with E-state index in [2.05, 4.69) is 45.7 Å². The number of amides is 1. The van der Waals surface area contributed by atoms with Crippen LogP contribution in [0.2, 0.25) is 0 Å². The Bertz CT molecular complexity index is 1150. The lowest BCUT2D eigenvalue weighted by atomic mass is 10.0. The molecule has 0 bridgehead atoms. The van der Waals surface area contributed by atoms with E-state index in [9.17, 15) is 4.79 Å². The van der Waals surface area contributed by atoms with E-state index in [4.69, 9.17) is 5.26 Å². The van der Waals surface area contributed by atoms with E-state index in [0.29, 0.717) is 17.2 Å². The number of rotatable bonds is 5. The molecule has 0 unspecified atom stereocenters. The van der Waals surface area contributed by atoms with Gasteiger partial charge in [0.2, 0.25) is 0 Å². The molecular formula is C25H26N6O. The molecule has 162 valence electrons. The monoisotopic (exact) mass is 426 g/mol. The number of aryl methyl sites for hydroxylation is 1. The van der Waals surface area contributed by atoms with Gasteiger partial charge in [-0.2, -0.15) is 5.26 Å². The second-order valence-electron chi connectivity index (χ2n) is 8.74. The fraction of sp³-hybridized carbons (Fsp3) is 0.360. The second kappa shape index (κ2) is 8.46. The summed E-state index contributed by atoms with van der Waals surface area (Å²) in [5, 5.41) is 20.8. The highest BCUT2D eigenvalue weighted by atomic mass is 16.2. The first-order valence-corrected chi connectivity index (χ1v) is 11.2. The summed E-state index contributed by atoms with van der Waals surface area (Å²) in [6.45, 7) is 3.78. The molecule has 2 fully saturated rings. The summed E-state index contributed by atoms with van der Waals surface area (Å²) in [5.74, 6) is 0.229. The predicted octanol–water partition coefficient (Wildman–Crippen LogP) is 3.72. The van der Waals surface area contributed by atoms with Gasteiger partial charge in [0, 0.05) is 30.7 Å². The molecule has 2 heterocycles. The number of nitriles is 1. The van der Waals surface area contributed by atoms with Gasteiger partial charge in [0.25, 0.3) is 5.91 Å². The number of aromatic nitrogens is 3. The smallest absolute Gasteiger partial charge is 0.274 e. The third-order valence-corrected chi connectivity index (χ3v) is 6.35. The molecule has 2 aromatic carbocycles. The summed E-state index contributed by atoms with van der Waals surface area (Å²) in [4.78, 5) is 15.4. The summed E-state index contributed by atoms with van der Waals surface area (Å²) in [6.07, 6.45) is 3.89. The fourth-order valence-corrected chi connectivity index (χ4v) is 4.33. The van der Waals surface area contributed by atoms with Crippen molar-refractivity contribution in [3.05, 3.63) is 71.0 Å². The van der Waals surface area contributed by atoms with Gasteiger partial charge in [-0.25, -0.2) is 4.68 Å². The zero-order valence-electron chi connectivity index (χ0n) is 18.2. The number of hydrogen-bond acceptors (Lipinski definition) is 5. The molecule has 0 radical (unpaired) electrons. The lowest BCUT2D eigenvalue weighted by Gasteiger charge is -2.33. The number of benzene rings is 2. The number of anilines is 1. The molecule has 1 aliphatic heterocycles. The van der Waals surface area contributed by atoms with Gasteiger partial charge < -0.3 is 10.2 Å². The molecule has 0 spiro atoms. The Hall–Kier alpha value is -3.66. The van der Waals surface area contributed by atoms with Crippen LogP contribution in [0, 0.1) is 18.3 Å². The van der Waals surface area contributed by atoms with Crippen LogP contribution >= 0.6 is 0 Å². The SMILES string of the molecule is Cc1ccc(-n2nnc(C(=O)NC3CCN(c4ccc(C#N)cc4)CC3)c2C2CC2)cc1. The highest BCUT2D eigenvalue weighted by Gasteiger charge is 2.35. The first kappa shape index (κ1) is 20.3. The zero-order valence-corrected chi connectivity index (χ0v) is 18.2. The highest BCUT2D eigenvalue weighted by Crippen LogP contribution is 2.42. The normalized spacial score (nSPS) is 16.6. The maximum atomic E-state index is 13.1. The number of carbonyl (C=O) groups is 1. The van der Waals surface area contributed by atoms with Crippen molar-refractivity contribution in [1.82, 2.24) is 20.3 Å². The Morgan fingerprint density at radius 1 is 1.00 bits per heavy atom. The maximum absolute atomic E-state index is 13.1. The first-order valence-electron chi connectivity index (χ1n) is 11.2. The second-order valence-corrected chi connectivity index (χ2v) is 8.74.